The van der Waals surface area contributed by atoms with Crippen LogP contribution in [0.4, 0.5) is 0 Å². The second-order valence-corrected chi connectivity index (χ2v) is 5.98. The maximum absolute atomic E-state index is 12.0. The van der Waals surface area contributed by atoms with Crippen molar-refractivity contribution in [3.8, 4) is 17.2 Å². The number of ether oxygens (including phenoxy) is 3. The Kier molecular flexibility index (Phi) is 7.45. The van der Waals surface area contributed by atoms with Crippen LogP contribution >= 0.6 is 0 Å². The topological polar surface area (TPSA) is 65.0 Å². The molecule has 0 bridgehead atoms. The molecule has 0 heterocycles. The van der Waals surface area contributed by atoms with Gasteiger partial charge in [0.25, 0.3) is 0 Å². The van der Waals surface area contributed by atoms with E-state index in [9.17, 15) is 9.90 Å². The van der Waals surface area contributed by atoms with Gasteiger partial charge in [-0.2, -0.15) is 0 Å². The molecular weight excluding hydrogens is 356 g/mol. The van der Waals surface area contributed by atoms with Crippen LogP contribution in [0.5, 0.6) is 17.2 Å². The molecule has 1 N–H and O–H groups in total. The van der Waals surface area contributed by atoms with Gasteiger partial charge in [-0.25, -0.2) is 0 Å². The molecule has 0 radical (unpaired) electrons. The minimum absolute atomic E-state index is 0.147. The predicted molar refractivity (Wildman–Crippen MR) is 111 cm³/mol. The Morgan fingerprint density at radius 1 is 0.821 bits per heavy atom. The van der Waals surface area contributed by atoms with Crippen LogP contribution in [0.3, 0.4) is 0 Å². The third-order valence-electron chi connectivity index (χ3n) is 4.02. The Labute approximate surface area is 165 Å². The summed E-state index contributed by atoms with van der Waals surface area (Å²) in [4.78, 5) is 12.0. The fraction of sp³-hybridized carbons (Fsp3) is 0.174. The van der Waals surface area contributed by atoms with E-state index in [2.05, 4.69) is 0 Å². The molecule has 0 spiro atoms. The van der Waals surface area contributed by atoms with Crippen molar-refractivity contribution in [3.05, 3.63) is 77.1 Å². The Morgan fingerprint density at radius 3 is 2.04 bits per heavy atom. The molecule has 2 rings (SSSR count). The van der Waals surface area contributed by atoms with Gasteiger partial charge in [-0.3, -0.25) is 4.79 Å². The number of carbonyl (C=O) groups excluding carboxylic acids is 1. The van der Waals surface area contributed by atoms with E-state index in [1.54, 1.807) is 45.6 Å². The lowest BCUT2D eigenvalue weighted by Crippen LogP contribution is -1.91. The Bertz CT molecular complexity index is 923. The SMILES string of the molecule is COc1cc(/C=C/C(=O)C=C(O)/C=C/c2ccc(OC)c(OC)c2)ccc1C. The quantitative estimate of drug-likeness (QED) is 0.406. The number of aryl methyl sites for hydroxylation is 1. The van der Waals surface area contributed by atoms with Gasteiger partial charge in [-0.1, -0.05) is 30.4 Å². The first-order valence-corrected chi connectivity index (χ1v) is 8.64. The van der Waals surface area contributed by atoms with E-state index < -0.39 is 0 Å². The molecule has 0 saturated carbocycles. The number of rotatable bonds is 8. The van der Waals surface area contributed by atoms with Gasteiger partial charge in [0.05, 0.1) is 21.3 Å². The average Bonchev–Trinajstić information content (AvgIpc) is 2.71. The molecule has 0 aliphatic heterocycles. The molecule has 0 unspecified atom stereocenters. The van der Waals surface area contributed by atoms with Gasteiger partial charge in [0.15, 0.2) is 17.3 Å². The molecule has 2 aromatic rings. The zero-order valence-corrected chi connectivity index (χ0v) is 16.4. The maximum atomic E-state index is 12.0. The third-order valence-corrected chi connectivity index (χ3v) is 4.02. The minimum Gasteiger partial charge on any atom is -0.508 e. The Hall–Kier alpha value is -3.47. The lowest BCUT2D eigenvalue weighted by Gasteiger charge is -2.07. The van der Waals surface area contributed by atoms with Gasteiger partial charge in [0.2, 0.25) is 0 Å². The van der Waals surface area contributed by atoms with E-state index in [0.717, 1.165) is 28.5 Å². The highest BCUT2D eigenvalue weighted by molar-refractivity contribution is 6.02. The molecular formula is C23H24O5. The number of benzene rings is 2. The first-order chi connectivity index (χ1) is 13.5. The van der Waals surface area contributed by atoms with Crippen molar-refractivity contribution in [2.24, 2.45) is 0 Å². The van der Waals surface area contributed by atoms with E-state index in [0.29, 0.717) is 11.5 Å². The summed E-state index contributed by atoms with van der Waals surface area (Å²) in [5.74, 6) is 1.49. The highest BCUT2D eigenvalue weighted by atomic mass is 16.5. The summed E-state index contributed by atoms with van der Waals surface area (Å²) in [6, 6.07) is 11.0. The average molecular weight is 380 g/mol. The van der Waals surface area contributed by atoms with Crippen molar-refractivity contribution in [1.29, 1.82) is 0 Å². The maximum Gasteiger partial charge on any atom is 0.182 e. The molecule has 146 valence electrons. The Balaban J connectivity index is 2.06. The fourth-order valence-corrected chi connectivity index (χ4v) is 2.50. The van der Waals surface area contributed by atoms with Crippen molar-refractivity contribution in [2.75, 3.05) is 21.3 Å². The number of aliphatic hydroxyl groups is 1. The second kappa shape index (κ2) is 10.0. The van der Waals surface area contributed by atoms with Crippen LogP contribution in [0.25, 0.3) is 12.2 Å². The van der Waals surface area contributed by atoms with Crippen LogP contribution in [-0.4, -0.2) is 32.2 Å². The summed E-state index contributed by atoms with van der Waals surface area (Å²) in [5, 5.41) is 9.97. The summed E-state index contributed by atoms with van der Waals surface area (Å²) in [5.41, 5.74) is 2.65. The van der Waals surface area contributed by atoms with Crippen molar-refractivity contribution >= 4 is 17.9 Å². The zero-order chi connectivity index (χ0) is 20.5. The van der Waals surface area contributed by atoms with Gasteiger partial charge in [-0.15, -0.1) is 0 Å². The van der Waals surface area contributed by atoms with Crippen molar-refractivity contribution < 1.29 is 24.1 Å². The zero-order valence-electron chi connectivity index (χ0n) is 16.4. The predicted octanol–water partition coefficient (Wildman–Crippen LogP) is 4.76. The highest BCUT2D eigenvalue weighted by Crippen LogP contribution is 2.28. The number of hydrogen-bond acceptors (Lipinski definition) is 5. The molecule has 0 aliphatic rings. The number of carbonyl (C=O) groups is 1. The molecule has 0 saturated heterocycles. The largest absolute Gasteiger partial charge is 0.508 e. The number of ketones is 1. The van der Waals surface area contributed by atoms with Gasteiger partial charge >= 0.3 is 0 Å². The van der Waals surface area contributed by atoms with Crippen molar-refractivity contribution in [1.82, 2.24) is 0 Å². The molecule has 0 atom stereocenters. The van der Waals surface area contributed by atoms with Gasteiger partial charge in [-0.05, 0) is 54.0 Å². The first kappa shape index (κ1) is 20.8. The number of allylic oxidation sites excluding steroid dienone is 3. The smallest absolute Gasteiger partial charge is 0.182 e. The molecule has 5 nitrogen and oxygen atoms in total. The van der Waals surface area contributed by atoms with E-state index in [1.807, 2.05) is 31.2 Å². The lowest BCUT2D eigenvalue weighted by atomic mass is 10.1. The summed E-state index contributed by atoms with van der Waals surface area (Å²) < 4.78 is 15.7. The normalized spacial score (nSPS) is 11.8. The van der Waals surface area contributed by atoms with Crippen molar-refractivity contribution in [3.63, 3.8) is 0 Å². The molecule has 0 fully saturated rings. The van der Waals surface area contributed by atoms with Crippen LogP contribution in [0.15, 0.2) is 60.4 Å². The summed E-state index contributed by atoms with van der Waals surface area (Å²) in [7, 11) is 4.72. The minimum atomic E-state index is -0.325. The fourth-order valence-electron chi connectivity index (χ4n) is 2.50. The number of hydrogen-bond donors (Lipinski definition) is 1. The van der Waals surface area contributed by atoms with E-state index in [1.165, 1.54) is 12.2 Å². The standard InChI is InChI=1S/C23H24O5/c1-16-5-6-17(13-22(16)27-3)7-10-19(24)15-20(25)11-8-18-9-12-21(26-2)23(14-18)28-4/h5-15,25H,1-4H3/b10-7+,11-8+,20-15?. The molecule has 0 amide bonds. The van der Waals surface area contributed by atoms with E-state index in [-0.39, 0.29) is 11.5 Å². The van der Waals surface area contributed by atoms with Crippen LogP contribution in [0.1, 0.15) is 16.7 Å². The summed E-state index contributed by atoms with van der Waals surface area (Å²) in [6.07, 6.45) is 7.34. The number of aliphatic hydroxyl groups excluding tert-OH is 1. The van der Waals surface area contributed by atoms with Crippen LogP contribution < -0.4 is 14.2 Å². The molecule has 28 heavy (non-hydrogen) atoms. The first-order valence-electron chi connectivity index (χ1n) is 8.64. The van der Waals surface area contributed by atoms with Gasteiger partial charge < -0.3 is 19.3 Å². The monoisotopic (exact) mass is 380 g/mol. The Morgan fingerprint density at radius 2 is 1.39 bits per heavy atom. The molecule has 0 aromatic heterocycles. The highest BCUT2D eigenvalue weighted by Gasteiger charge is 2.03. The van der Waals surface area contributed by atoms with E-state index >= 15 is 0 Å². The van der Waals surface area contributed by atoms with Gasteiger partial charge in [0.1, 0.15) is 11.5 Å². The molecule has 0 aliphatic carbocycles. The number of methoxy groups -OCH3 is 3. The van der Waals surface area contributed by atoms with Crippen molar-refractivity contribution in [2.45, 2.75) is 6.92 Å². The lowest BCUT2D eigenvalue weighted by molar-refractivity contribution is -0.110. The molecule has 2 aromatic carbocycles. The second-order valence-electron chi connectivity index (χ2n) is 5.98. The van der Waals surface area contributed by atoms with Gasteiger partial charge in [0, 0.05) is 6.08 Å². The van der Waals surface area contributed by atoms with Crippen LogP contribution in [0.2, 0.25) is 0 Å². The summed E-state index contributed by atoms with van der Waals surface area (Å²) >= 11 is 0. The van der Waals surface area contributed by atoms with E-state index in [4.69, 9.17) is 14.2 Å². The van der Waals surface area contributed by atoms with Crippen LogP contribution in [-0.2, 0) is 4.79 Å². The third kappa shape index (κ3) is 5.77. The molecule has 5 heteroatoms. The van der Waals surface area contributed by atoms with Crippen LogP contribution in [0, 0.1) is 6.92 Å². The summed E-state index contributed by atoms with van der Waals surface area (Å²) in [6.45, 7) is 1.95.